The van der Waals surface area contributed by atoms with E-state index < -0.39 is 0 Å². The second-order valence-corrected chi connectivity index (χ2v) is 7.41. The number of methoxy groups -OCH3 is 1. The van der Waals surface area contributed by atoms with E-state index in [1.54, 1.807) is 20.2 Å². The fourth-order valence-electron chi connectivity index (χ4n) is 3.34. The van der Waals surface area contributed by atoms with Crippen LogP contribution < -0.4 is 14.8 Å². The standard InChI is InChI=1S/C25H29N3O3/c1-18(29)9-8-14-26-15-22-16-27-25(28-24(22)30-3)31-17-21-12-7-13-23(19(21)2)20-10-5-4-6-11-20/h4-7,10-13,16,26H,8-9,14-15,17H2,1-3H3. The fraction of sp³-hybridized carbons (Fsp3) is 0.320. The zero-order valence-electron chi connectivity index (χ0n) is 18.4. The van der Waals surface area contributed by atoms with Gasteiger partial charge < -0.3 is 19.6 Å². The van der Waals surface area contributed by atoms with Crippen LogP contribution in [0.3, 0.4) is 0 Å². The normalized spacial score (nSPS) is 10.7. The van der Waals surface area contributed by atoms with E-state index in [2.05, 4.69) is 46.5 Å². The molecule has 1 aromatic heterocycles. The molecule has 0 aliphatic carbocycles. The number of hydrogen-bond acceptors (Lipinski definition) is 6. The molecule has 0 saturated heterocycles. The average Bonchev–Trinajstić information content (AvgIpc) is 2.79. The molecule has 0 unspecified atom stereocenters. The first kappa shape index (κ1) is 22.4. The second-order valence-electron chi connectivity index (χ2n) is 7.41. The van der Waals surface area contributed by atoms with Crippen LogP contribution in [-0.4, -0.2) is 29.4 Å². The molecule has 162 valence electrons. The Morgan fingerprint density at radius 3 is 2.61 bits per heavy atom. The number of nitrogens with zero attached hydrogens (tertiary/aromatic N) is 2. The Balaban J connectivity index is 1.62. The maximum Gasteiger partial charge on any atom is 0.320 e. The van der Waals surface area contributed by atoms with Crippen LogP contribution in [-0.2, 0) is 17.9 Å². The molecule has 0 radical (unpaired) electrons. The van der Waals surface area contributed by atoms with Crippen molar-refractivity contribution in [2.24, 2.45) is 0 Å². The minimum absolute atomic E-state index is 0.203. The van der Waals surface area contributed by atoms with Gasteiger partial charge in [-0.3, -0.25) is 0 Å². The Morgan fingerprint density at radius 1 is 1.06 bits per heavy atom. The molecular formula is C25H29N3O3. The Kier molecular flexibility index (Phi) is 8.12. The lowest BCUT2D eigenvalue weighted by atomic mass is 9.97. The zero-order chi connectivity index (χ0) is 22.1. The Hall–Kier alpha value is -3.25. The summed E-state index contributed by atoms with van der Waals surface area (Å²) in [5.74, 6) is 0.688. The quantitative estimate of drug-likeness (QED) is 0.462. The van der Waals surface area contributed by atoms with Crippen molar-refractivity contribution in [3.8, 4) is 23.0 Å². The maximum atomic E-state index is 11.0. The lowest BCUT2D eigenvalue weighted by Gasteiger charge is -2.13. The topological polar surface area (TPSA) is 73.3 Å². The number of hydrogen-bond donors (Lipinski definition) is 1. The van der Waals surface area contributed by atoms with Crippen LogP contribution in [0.1, 0.15) is 36.5 Å². The Bertz CT molecular complexity index is 1010. The largest absolute Gasteiger partial charge is 0.481 e. The van der Waals surface area contributed by atoms with Gasteiger partial charge in [0.1, 0.15) is 12.4 Å². The number of ether oxygens (including phenoxy) is 2. The third-order valence-electron chi connectivity index (χ3n) is 5.08. The van der Waals surface area contributed by atoms with E-state index in [1.165, 1.54) is 16.7 Å². The molecule has 0 aliphatic rings. The minimum atomic E-state index is 0.203. The summed E-state index contributed by atoms with van der Waals surface area (Å²) in [5.41, 5.74) is 5.47. The molecule has 0 saturated carbocycles. The van der Waals surface area contributed by atoms with Gasteiger partial charge in [0.25, 0.3) is 0 Å². The highest BCUT2D eigenvalue weighted by Gasteiger charge is 2.11. The van der Waals surface area contributed by atoms with Crippen molar-refractivity contribution in [3.63, 3.8) is 0 Å². The number of rotatable bonds is 11. The fourth-order valence-corrected chi connectivity index (χ4v) is 3.34. The molecule has 0 bridgehead atoms. The first-order chi connectivity index (χ1) is 15.1. The molecular weight excluding hydrogens is 390 g/mol. The number of ketones is 1. The van der Waals surface area contributed by atoms with Gasteiger partial charge in [0.2, 0.25) is 5.88 Å². The lowest BCUT2D eigenvalue weighted by molar-refractivity contribution is -0.117. The molecule has 6 heteroatoms. The van der Waals surface area contributed by atoms with Gasteiger partial charge in [0, 0.05) is 24.7 Å². The Labute approximate surface area is 183 Å². The van der Waals surface area contributed by atoms with Crippen molar-refractivity contribution >= 4 is 5.78 Å². The molecule has 1 N–H and O–H groups in total. The predicted molar refractivity (Wildman–Crippen MR) is 121 cm³/mol. The highest BCUT2D eigenvalue weighted by molar-refractivity contribution is 5.75. The van der Waals surface area contributed by atoms with Crippen LogP contribution in [0.15, 0.2) is 54.7 Å². The summed E-state index contributed by atoms with van der Waals surface area (Å²) in [4.78, 5) is 19.7. The molecule has 0 atom stereocenters. The lowest BCUT2D eigenvalue weighted by Crippen LogP contribution is -2.16. The SMILES string of the molecule is COc1nc(OCc2cccc(-c3ccccc3)c2C)ncc1CNCCCC(C)=O. The summed E-state index contributed by atoms with van der Waals surface area (Å²) < 4.78 is 11.3. The van der Waals surface area contributed by atoms with Gasteiger partial charge in [-0.05, 0) is 49.1 Å². The van der Waals surface area contributed by atoms with Crippen LogP contribution in [0.25, 0.3) is 11.1 Å². The highest BCUT2D eigenvalue weighted by Crippen LogP contribution is 2.26. The van der Waals surface area contributed by atoms with Gasteiger partial charge in [-0.2, -0.15) is 4.98 Å². The van der Waals surface area contributed by atoms with E-state index in [1.807, 2.05) is 24.3 Å². The summed E-state index contributed by atoms with van der Waals surface area (Å²) in [6, 6.07) is 16.8. The van der Waals surface area contributed by atoms with Gasteiger partial charge in [-0.1, -0.05) is 48.5 Å². The molecule has 0 amide bonds. The molecule has 31 heavy (non-hydrogen) atoms. The molecule has 0 spiro atoms. The van der Waals surface area contributed by atoms with Gasteiger partial charge >= 0.3 is 6.01 Å². The van der Waals surface area contributed by atoms with Crippen molar-refractivity contribution in [1.29, 1.82) is 0 Å². The third-order valence-corrected chi connectivity index (χ3v) is 5.08. The van der Waals surface area contributed by atoms with Gasteiger partial charge in [0.05, 0.1) is 7.11 Å². The van der Waals surface area contributed by atoms with E-state index in [-0.39, 0.29) is 11.8 Å². The van der Waals surface area contributed by atoms with Crippen molar-refractivity contribution in [2.75, 3.05) is 13.7 Å². The number of aromatic nitrogens is 2. The van der Waals surface area contributed by atoms with Gasteiger partial charge in [-0.15, -0.1) is 0 Å². The monoisotopic (exact) mass is 419 g/mol. The molecule has 3 rings (SSSR count). The number of carbonyl (C=O) groups excluding carboxylic acids is 1. The second kappa shape index (κ2) is 11.2. The Morgan fingerprint density at radius 2 is 1.87 bits per heavy atom. The molecule has 3 aromatic rings. The average molecular weight is 420 g/mol. The molecule has 2 aromatic carbocycles. The zero-order valence-corrected chi connectivity index (χ0v) is 18.4. The van der Waals surface area contributed by atoms with Crippen LogP contribution in [0.4, 0.5) is 0 Å². The van der Waals surface area contributed by atoms with Crippen molar-refractivity contribution in [3.05, 3.63) is 71.4 Å². The highest BCUT2D eigenvalue weighted by atomic mass is 16.5. The first-order valence-electron chi connectivity index (χ1n) is 10.4. The van der Waals surface area contributed by atoms with E-state index in [0.717, 1.165) is 24.1 Å². The van der Waals surface area contributed by atoms with Crippen LogP contribution >= 0.6 is 0 Å². The van der Waals surface area contributed by atoms with Crippen LogP contribution in [0.2, 0.25) is 0 Å². The smallest absolute Gasteiger partial charge is 0.320 e. The van der Waals surface area contributed by atoms with Crippen molar-refractivity contribution in [1.82, 2.24) is 15.3 Å². The first-order valence-corrected chi connectivity index (χ1v) is 10.4. The number of carbonyl (C=O) groups is 1. The summed E-state index contributed by atoms with van der Waals surface area (Å²) in [6.07, 6.45) is 3.10. The van der Waals surface area contributed by atoms with Gasteiger partial charge in [0.15, 0.2) is 0 Å². The van der Waals surface area contributed by atoms with E-state index >= 15 is 0 Å². The number of nitrogens with one attached hydrogen (secondary N) is 1. The van der Waals surface area contributed by atoms with Crippen molar-refractivity contribution < 1.29 is 14.3 Å². The van der Waals surface area contributed by atoms with Crippen LogP contribution in [0.5, 0.6) is 11.9 Å². The maximum absolute atomic E-state index is 11.0. The molecule has 6 nitrogen and oxygen atoms in total. The summed E-state index contributed by atoms with van der Waals surface area (Å²) in [5, 5.41) is 3.29. The molecule has 0 aliphatic heterocycles. The van der Waals surface area contributed by atoms with E-state index in [9.17, 15) is 4.79 Å². The van der Waals surface area contributed by atoms with Crippen molar-refractivity contribution in [2.45, 2.75) is 39.8 Å². The number of Topliss-reactive ketones (excluding diaryl/α,β-unsaturated/α-hetero) is 1. The summed E-state index contributed by atoms with van der Waals surface area (Å²) >= 11 is 0. The van der Waals surface area contributed by atoms with E-state index in [4.69, 9.17) is 9.47 Å². The minimum Gasteiger partial charge on any atom is -0.481 e. The predicted octanol–water partition coefficient (Wildman–Crippen LogP) is 4.50. The van der Waals surface area contributed by atoms with Crippen LogP contribution in [0, 0.1) is 6.92 Å². The summed E-state index contributed by atoms with van der Waals surface area (Å²) in [6.45, 7) is 5.40. The molecule has 0 fully saturated rings. The molecule has 1 heterocycles. The van der Waals surface area contributed by atoms with E-state index in [0.29, 0.717) is 25.5 Å². The third kappa shape index (κ3) is 6.36. The summed E-state index contributed by atoms with van der Waals surface area (Å²) in [7, 11) is 1.58. The van der Waals surface area contributed by atoms with Gasteiger partial charge in [-0.25, -0.2) is 4.98 Å². The number of benzene rings is 2.